The summed E-state index contributed by atoms with van der Waals surface area (Å²) in [4.78, 5) is 8.49. The lowest BCUT2D eigenvalue weighted by atomic mass is 10.1. The van der Waals surface area contributed by atoms with E-state index < -0.39 is 0 Å². The lowest BCUT2D eigenvalue weighted by Crippen LogP contribution is -2.07. The van der Waals surface area contributed by atoms with E-state index in [1.54, 1.807) is 23.3 Å². The van der Waals surface area contributed by atoms with Gasteiger partial charge < -0.3 is 10.5 Å². The first-order valence-electron chi connectivity index (χ1n) is 8.52. The number of hydrogen-bond acceptors (Lipinski definition) is 6. The van der Waals surface area contributed by atoms with E-state index in [1.807, 2.05) is 54.6 Å². The van der Waals surface area contributed by atoms with Gasteiger partial charge >= 0.3 is 0 Å². The van der Waals surface area contributed by atoms with Gasteiger partial charge in [0.05, 0.1) is 11.9 Å². The van der Waals surface area contributed by atoms with E-state index >= 15 is 0 Å². The summed E-state index contributed by atoms with van der Waals surface area (Å²) in [5.41, 5.74) is 9.68. The highest BCUT2D eigenvalue weighted by atomic mass is 16.5. The molecule has 7 nitrogen and oxygen atoms in total. The molecule has 0 radical (unpaired) electrons. The highest BCUT2D eigenvalue weighted by molar-refractivity contribution is 5.51. The highest BCUT2D eigenvalue weighted by Gasteiger charge is 2.10. The number of hydrogen-bond donors (Lipinski definition) is 1. The van der Waals surface area contributed by atoms with E-state index in [9.17, 15) is 0 Å². The van der Waals surface area contributed by atoms with Crippen LogP contribution in [0, 0.1) is 0 Å². The number of aromatic nitrogens is 5. The van der Waals surface area contributed by atoms with Crippen LogP contribution in [0.1, 0.15) is 16.8 Å². The third-order valence-corrected chi connectivity index (χ3v) is 4.08. The topological polar surface area (TPSA) is 91.7 Å². The highest BCUT2D eigenvalue weighted by Crippen LogP contribution is 2.18. The third-order valence-electron chi connectivity index (χ3n) is 4.08. The minimum absolute atomic E-state index is 0.409. The normalized spacial score (nSPS) is 10.7. The maximum Gasteiger partial charge on any atom is 0.213 e. The van der Waals surface area contributed by atoms with Crippen molar-refractivity contribution in [3.8, 4) is 11.6 Å². The molecule has 2 N–H and O–H groups in total. The van der Waals surface area contributed by atoms with Crippen LogP contribution in [-0.2, 0) is 13.0 Å². The van der Waals surface area contributed by atoms with Crippen LogP contribution >= 0.6 is 0 Å². The van der Waals surface area contributed by atoms with Crippen molar-refractivity contribution < 1.29 is 4.74 Å². The van der Waals surface area contributed by atoms with Crippen molar-refractivity contribution in [2.45, 2.75) is 13.0 Å². The molecule has 7 heteroatoms. The molecule has 0 unspecified atom stereocenters. The van der Waals surface area contributed by atoms with Crippen LogP contribution in [0.3, 0.4) is 0 Å². The average Bonchev–Trinajstić information content (AvgIpc) is 3.16. The van der Waals surface area contributed by atoms with E-state index in [1.165, 1.54) is 0 Å². The van der Waals surface area contributed by atoms with Crippen molar-refractivity contribution >= 4 is 5.82 Å². The Morgan fingerprint density at radius 1 is 0.889 bits per heavy atom. The van der Waals surface area contributed by atoms with Gasteiger partial charge in [-0.3, -0.25) is 0 Å². The lowest BCUT2D eigenvalue weighted by Gasteiger charge is -2.09. The zero-order valence-corrected chi connectivity index (χ0v) is 14.6. The fourth-order valence-electron chi connectivity index (χ4n) is 2.71. The second-order valence-corrected chi connectivity index (χ2v) is 6.00. The van der Waals surface area contributed by atoms with Crippen LogP contribution in [0.4, 0.5) is 5.82 Å². The molecule has 3 heterocycles. The minimum Gasteiger partial charge on any atom is -0.473 e. The Bertz CT molecular complexity index is 1010. The monoisotopic (exact) mass is 358 g/mol. The largest absolute Gasteiger partial charge is 0.473 e. The first-order valence-corrected chi connectivity index (χ1v) is 8.52. The average molecular weight is 358 g/mol. The number of pyridine rings is 2. The summed E-state index contributed by atoms with van der Waals surface area (Å²) < 4.78 is 7.42. The lowest BCUT2D eigenvalue weighted by molar-refractivity contribution is 0.294. The number of nitrogens with zero attached hydrogens (tertiary/aromatic N) is 5. The first kappa shape index (κ1) is 16.7. The number of rotatable bonds is 6. The van der Waals surface area contributed by atoms with Gasteiger partial charge in [-0.1, -0.05) is 41.6 Å². The van der Waals surface area contributed by atoms with E-state index in [-0.39, 0.29) is 0 Å². The molecule has 0 saturated heterocycles. The number of anilines is 1. The molecule has 0 saturated carbocycles. The van der Waals surface area contributed by atoms with E-state index in [0.717, 1.165) is 16.8 Å². The fraction of sp³-hybridized carbons (Fsp3) is 0.100. The molecule has 0 amide bonds. The Kier molecular flexibility index (Phi) is 4.74. The Hall–Kier alpha value is -3.74. The van der Waals surface area contributed by atoms with Gasteiger partial charge in [0.15, 0.2) is 0 Å². The summed E-state index contributed by atoms with van der Waals surface area (Å²) in [5.74, 6) is 0.998. The van der Waals surface area contributed by atoms with Crippen LogP contribution in [-0.4, -0.2) is 25.0 Å². The van der Waals surface area contributed by atoms with Crippen LogP contribution < -0.4 is 10.5 Å². The van der Waals surface area contributed by atoms with Gasteiger partial charge in [0.1, 0.15) is 18.1 Å². The molecule has 1 aromatic carbocycles. The molecule has 4 rings (SSSR count). The smallest absolute Gasteiger partial charge is 0.213 e. The van der Waals surface area contributed by atoms with Crippen LogP contribution in [0.25, 0.3) is 5.69 Å². The Morgan fingerprint density at radius 3 is 2.56 bits per heavy atom. The van der Waals surface area contributed by atoms with E-state index in [4.69, 9.17) is 10.5 Å². The van der Waals surface area contributed by atoms with Crippen molar-refractivity contribution in [2.24, 2.45) is 0 Å². The van der Waals surface area contributed by atoms with Crippen molar-refractivity contribution in [1.82, 2.24) is 25.0 Å². The summed E-state index contributed by atoms with van der Waals surface area (Å²) in [7, 11) is 0. The van der Waals surface area contributed by atoms with Gasteiger partial charge in [-0.15, -0.1) is 5.10 Å². The molecule has 27 heavy (non-hydrogen) atoms. The predicted molar refractivity (Wildman–Crippen MR) is 101 cm³/mol. The molecule has 0 aliphatic carbocycles. The Morgan fingerprint density at radius 2 is 1.78 bits per heavy atom. The van der Waals surface area contributed by atoms with Gasteiger partial charge in [0.25, 0.3) is 0 Å². The summed E-state index contributed by atoms with van der Waals surface area (Å²) in [5, 5.41) is 8.13. The number of nitrogen functional groups attached to an aromatic ring is 1. The second kappa shape index (κ2) is 7.65. The van der Waals surface area contributed by atoms with Gasteiger partial charge in [0, 0.05) is 24.9 Å². The maximum atomic E-state index is 5.95. The summed E-state index contributed by atoms with van der Waals surface area (Å²) in [6.07, 6.45) is 5.78. The SMILES string of the molecule is Nc1ncccc1-n1nncc1Cc1ccc(OCc2ccccc2)nc1. The quantitative estimate of drug-likeness (QED) is 0.570. The van der Waals surface area contributed by atoms with Gasteiger partial charge in [-0.25, -0.2) is 14.6 Å². The molecule has 0 spiro atoms. The van der Waals surface area contributed by atoms with Crippen molar-refractivity contribution in [3.63, 3.8) is 0 Å². The second-order valence-electron chi connectivity index (χ2n) is 6.00. The molecule has 0 aliphatic rings. The third kappa shape index (κ3) is 3.92. The van der Waals surface area contributed by atoms with Crippen LogP contribution in [0.15, 0.2) is 73.2 Å². The van der Waals surface area contributed by atoms with Gasteiger partial charge in [-0.2, -0.15) is 0 Å². The Balaban J connectivity index is 1.45. The van der Waals surface area contributed by atoms with Crippen molar-refractivity contribution in [1.29, 1.82) is 0 Å². The van der Waals surface area contributed by atoms with Gasteiger partial charge in [0.2, 0.25) is 5.88 Å². The van der Waals surface area contributed by atoms with Gasteiger partial charge in [-0.05, 0) is 23.3 Å². The molecule has 0 aliphatic heterocycles. The van der Waals surface area contributed by atoms with Crippen LogP contribution in [0.5, 0.6) is 5.88 Å². The minimum atomic E-state index is 0.409. The van der Waals surface area contributed by atoms with E-state index in [2.05, 4.69) is 20.3 Å². The molecule has 0 bridgehead atoms. The fourth-order valence-corrected chi connectivity index (χ4v) is 2.71. The zero-order valence-electron chi connectivity index (χ0n) is 14.6. The molecule has 4 aromatic rings. The molecular weight excluding hydrogens is 340 g/mol. The maximum absolute atomic E-state index is 5.95. The summed E-state index contributed by atoms with van der Waals surface area (Å²) >= 11 is 0. The van der Waals surface area contributed by atoms with Crippen molar-refractivity contribution in [2.75, 3.05) is 5.73 Å². The summed E-state index contributed by atoms with van der Waals surface area (Å²) in [6.45, 7) is 0.490. The van der Waals surface area contributed by atoms with Crippen LogP contribution in [0.2, 0.25) is 0 Å². The Labute approximate surface area is 156 Å². The number of ether oxygens (including phenoxy) is 1. The molecular formula is C20H18N6O. The molecule has 3 aromatic heterocycles. The van der Waals surface area contributed by atoms with E-state index in [0.29, 0.717) is 30.4 Å². The molecule has 134 valence electrons. The standard InChI is InChI=1S/C20H18N6O/c21-20-18(7-4-10-22-20)26-17(13-24-25-26)11-16-8-9-19(23-12-16)27-14-15-5-2-1-3-6-15/h1-10,12-13H,11,14H2,(H2,21,22). The van der Waals surface area contributed by atoms with Crippen molar-refractivity contribution in [3.05, 3.63) is 90.0 Å². The molecule has 0 fully saturated rings. The summed E-state index contributed by atoms with van der Waals surface area (Å²) in [6, 6.07) is 17.5. The molecule has 0 atom stereocenters. The zero-order chi connectivity index (χ0) is 18.5. The number of nitrogens with two attached hydrogens (primary N) is 1. The number of benzene rings is 1. The first-order chi connectivity index (χ1) is 13.3. The predicted octanol–water partition coefficient (Wildman–Crippen LogP) is 2.81.